The number of benzene rings is 1. The lowest BCUT2D eigenvalue weighted by molar-refractivity contribution is 0.171. The van der Waals surface area contributed by atoms with Crippen LogP contribution in [-0.2, 0) is 24.9 Å². The van der Waals surface area contributed by atoms with E-state index < -0.39 is 0 Å². The average molecular weight is 448 g/mol. The summed E-state index contributed by atoms with van der Waals surface area (Å²) in [6, 6.07) is 5.16. The summed E-state index contributed by atoms with van der Waals surface area (Å²) in [6.07, 6.45) is 0.904. The number of ether oxygens (including phenoxy) is 2. The zero-order chi connectivity index (χ0) is 22.9. The second-order valence-electron chi connectivity index (χ2n) is 7.87. The Labute approximate surface area is 189 Å². The Hall–Kier alpha value is -2.72. The van der Waals surface area contributed by atoms with E-state index in [4.69, 9.17) is 14.5 Å². The lowest BCUT2D eigenvalue weighted by atomic mass is 10.2. The zero-order valence-corrected chi connectivity index (χ0v) is 19.5. The molecule has 3 rings (SSSR count). The van der Waals surface area contributed by atoms with E-state index in [9.17, 15) is 4.39 Å². The summed E-state index contributed by atoms with van der Waals surface area (Å²) in [5.41, 5.74) is 0.945. The van der Waals surface area contributed by atoms with Crippen LogP contribution in [0.2, 0.25) is 0 Å². The lowest BCUT2D eigenvalue weighted by Crippen LogP contribution is -2.52. The van der Waals surface area contributed by atoms with Gasteiger partial charge in [0.1, 0.15) is 12.4 Å². The molecule has 1 aliphatic heterocycles. The average Bonchev–Trinajstić information content (AvgIpc) is 3.12. The van der Waals surface area contributed by atoms with Crippen molar-refractivity contribution in [2.24, 2.45) is 12.0 Å². The number of rotatable bonds is 9. The van der Waals surface area contributed by atoms with Crippen molar-refractivity contribution < 1.29 is 13.9 Å². The minimum Gasteiger partial charge on any atom is -0.494 e. The predicted molar refractivity (Wildman–Crippen MR) is 121 cm³/mol. The van der Waals surface area contributed by atoms with Crippen molar-refractivity contribution in [3.8, 4) is 5.75 Å². The van der Waals surface area contributed by atoms with Gasteiger partial charge in [-0.05, 0) is 31.0 Å². The molecule has 1 fully saturated rings. The minimum atomic E-state index is -0.322. The van der Waals surface area contributed by atoms with Gasteiger partial charge in [0.25, 0.3) is 0 Å². The van der Waals surface area contributed by atoms with Crippen LogP contribution in [0.15, 0.2) is 23.2 Å². The van der Waals surface area contributed by atoms with E-state index in [-0.39, 0.29) is 11.6 Å². The Morgan fingerprint density at radius 3 is 2.59 bits per heavy atom. The fourth-order valence-electron chi connectivity index (χ4n) is 3.60. The summed E-state index contributed by atoms with van der Waals surface area (Å²) in [5, 5.41) is 11.8. The molecule has 0 bridgehead atoms. The fraction of sp³-hybridized carbons (Fsp3) is 0.591. The van der Waals surface area contributed by atoms with E-state index in [0.717, 1.165) is 62.3 Å². The highest BCUT2D eigenvalue weighted by Crippen LogP contribution is 2.19. The van der Waals surface area contributed by atoms with E-state index in [2.05, 4.69) is 25.3 Å². The monoisotopic (exact) mass is 447 g/mol. The van der Waals surface area contributed by atoms with Gasteiger partial charge in [-0.15, -0.1) is 10.2 Å². The number of hydrogen-bond acceptors (Lipinski definition) is 6. The summed E-state index contributed by atoms with van der Waals surface area (Å²) in [4.78, 5) is 9.41. The smallest absolute Gasteiger partial charge is 0.194 e. The van der Waals surface area contributed by atoms with Crippen molar-refractivity contribution in [1.82, 2.24) is 29.9 Å². The van der Waals surface area contributed by atoms with Crippen LogP contribution in [0.3, 0.4) is 0 Å². The molecule has 1 aromatic carbocycles. The van der Waals surface area contributed by atoms with Gasteiger partial charge in [-0.3, -0.25) is 4.90 Å². The summed E-state index contributed by atoms with van der Waals surface area (Å²) in [7, 11) is 5.14. The molecular formula is C22H34FN7O2. The molecule has 9 nitrogen and oxygen atoms in total. The molecular weight excluding hydrogens is 413 g/mol. The van der Waals surface area contributed by atoms with Gasteiger partial charge in [-0.25, -0.2) is 9.38 Å². The first-order valence-corrected chi connectivity index (χ1v) is 10.9. The molecule has 0 atom stereocenters. The number of aromatic nitrogens is 3. The molecule has 0 spiro atoms. The maximum Gasteiger partial charge on any atom is 0.194 e. The summed E-state index contributed by atoms with van der Waals surface area (Å²) >= 11 is 0. The van der Waals surface area contributed by atoms with E-state index >= 15 is 0 Å². The molecule has 2 aromatic rings. The third kappa shape index (κ3) is 6.39. The number of piperazine rings is 1. The van der Waals surface area contributed by atoms with Crippen LogP contribution in [0.1, 0.15) is 23.6 Å². The van der Waals surface area contributed by atoms with E-state index in [1.54, 1.807) is 19.2 Å². The highest BCUT2D eigenvalue weighted by molar-refractivity contribution is 5.80. The first kappa shape index (κ1) is 23.9. The Kier molecular flexibility index (Phi) is 8.81. The minimum absolute atomic E-state index is 0.275. The zero-order valence-electron chi connectivity index (χ0n) is 19.5. The van der Waals surface area contributed by atoms with Crippen LogP contribution in [-0.4, -0.2) is 84.1 Å². The van der Waals surface area contributed by atoms with Crippen molar-refractivity contribution in [2.75, 3.05) is 53.6 Å². The molecule has 2 heterocycles. The number of methoxy groups -OCH3 is 2. The van der Waals surface area contributed by atoms with Crippen molar-refractivity contribution in [3.63, 3.8) is 0 Å². The SMILES string of the molecule is COCCCNC(=NCc1nnc(C)n1C)N1CCN(Cc2ccc(OC)c(F)c2)CC1. The largest absolute Gasteiger partial charge is 0.494 e. The quantitative estimate of drug-likeness (QED) is 0.355. The standard InChI is InChI=1S/C22H34FN7O2/c1-17-26-27-21(28(17)2)15-25-22(24-8-5-13-31-3)30-11-9-29(10-12-30)16-18-6-7-20(32-4)19(23)14-18/h6-7,14H,5,8-13,15-16H2,1-4H3,(H,24,25). The first-order valence-electron chi connectivity index (χ1n) is 10.9. The van der Waals surface area contributed by atoms with Gasteiger partial charge < -0.3 is 24.3 Å². The first-order chi connectivity index (χ1) is 15.5. The van der Waals surface area contributed by atoms with Crippen LogP contribution in [0, 0.1) is 12.7 Å². The number of nitrogens with one attached hydrogen (secondary N) is 1. The molecule has 1 N–H and O–H groups in total. The highest BCUT2D eigenvalue weighted by Gasteiger charge is 2.20. The van der Waals surface area contributed by atoms with Crippen LogP contribution >= 0.6 is 0 Å². The maximum atomic E-state index is 14.0. The molecule has 0 saturated carbocycles. The van der Waals surface area contributed by atoms with Crippen LogP contribution in [0.5, 0.6) is 5.75 Å². The summed E-state index contributed by atoms with van der Waals surface area (Å²) in [6.45, 7) is 8.02. The van der Waals surface area contributed by atoms with E-state index in [1.165, 1.54) is 7.11 Å². The second-order valence-corrected chi connectivity index (χ2v) is 7.87. The third-order valence-corrected chi connectivity index (χ3v) is 5.66. The topological polar surface area (TPSA) is 80.0 Å². The van der Waals surface area contributed by atoms with Gasteiger partial charge in [-0.1, -0.05) is 6.07 Å². The van der Waals surface area contributed by atoms with Gasteiger partial charge >= 0.3 is 0 Å². The van der Waals surface area contributed by atoms with Crippen LogP contribution < -0.4 is 10.1 Å². The van der Waals surface area contributed by atoms with Crippen LogP contribution in [0.4, 0.5) is 4.39 Å². The number of aliphatic imine (C=N–C) groups is 1. The summed E-state index contributed by atoms with van der Waals surface area (Å²) in [5.74, 6) is 2.53. The molecule has 1 aliphatic rings. The number of guanidine groups is 1. The molecule has 0 unspecified atom stereocenters. The Balaban J connectivity index is 1.59. The second kappa shape index (κ2) is 11.8. The Morgan fingerprint density at radius 2 is 1.97 bits per heavy atom. The van der Waals surface area contributed by atoms with Gasteiger partial charge in [0.2, 0.25) is 0 Å². The van der Waals surface area contributed by atoms with Gasteiger partial charge in [0, 0.05) is 60.0 Å². The highest BCUT2D eigenvalue weighted by atomic mass is 19.1. The maximum absolute atomic E-state index is 14.0. The number of aryl methyl sites for hydroxylation is 1. The number of halogens is 1. The molecule has 176 valence electrons. The van der Waals surface area contributed by atoms with Crippen LogP contribution in [0.25, 0.3) is 0 Å². The predicted octanol–water partition coefficient (Wildman–Crippen LogP) is 1.57. The number of hydrogen-bond donors (Lipinski definition) is 1. The van der Waals surface area contributed by atoms with Crippen molar-refractivity contribution in [1.29, 1.82) is 0 Å². The fourth-order valence-corrected chi connectivity index (χ4v) is 3.60. The van der Waals surface area contributed by atoms with Gasteiger partial charge in [0.15, 0.2) is 23.4 Å². The Morgan fingerprint density at radius 1 is 1.19 bits per heavy atom. The molecule has 1 saturated heterocycles. The van der Waals surface area contributed by atoms with E-state index in [0.29, 0.717) is 19.7 Å². The van der Waals surface area contributed by atoms with Crippen molar-refractivity contribution in [3.05, 3.63) is 41.2 Å². The lowest BCUT2D eigenvalue weighted by Gasteiger charge is -2.36. The van der Waals surface area contributed by atoms with E-state index in [1.807, 2.05) is 24.6 Å². The van der Waals surface area contributed by atoms with Crippen molar-refractivity contribution >= 4 is 5.96 Å². The van der Waals surface area contributed by atoms with Crippen molar-refractivity contribution in [2.45, 2.75) is 26.4 Å². The summed E-state index contributed by atoms with van der Waals surface area (Å²) < 4.78 is 26.1. The number of nitrogens with zero attached hydrogens (tertiary/aromatic N) is 6. The Bertz CT molecular complexity index is 894. The van der Waals surface area contributed by atoms with Gasteiger partial charge in [0.05, 0.1) is 7.11 Å². The molecule has 1 aromatic heterocycles. The molecule has 32 heavy (non-hydrogen) atoms. The van der Waals surface area contributed by atoms with Gasteiger partial charge in [-0.2, -0.15) is 0 Å². The molecule has 0 amide bonds. The molecule has 0 aliphatic carbocycles. The normalized spacial score (nSPS) is 15.3. The molecule has 0 radical (unpaired) electrons. The molecule has 10 heteroatoms. The third-order valence-electron chi connectivity index (χ3n) is 5.66.